The summed E-state index contributed by atoms with van der Waals surface area (Å²) in [4.78, 5) is 17.4. The van der Waals surface area contributed by atoms with Crippen LogP contribution in [0.4, 0.5) is 5.13 Å². The summed E-state index contributed by atoms with van der Waals surface area (Å²) in [7, 11) is 0. The maximum atomic E-state index is 12.1. The van der Waals surface area contributed by atoms with Crippen LogP contribution in [0.5, 0.6) is 0 Å². The van der Waals surface area contributed by atoms with E-state index in [1.807, 2.05) is 23.6 Å². The molecule has 0 aliphatic heterocycles. The number of thiazole rings is 1. The number of nitrogens with one attached hydrogen (secondary N) is 1. The third-order valence-corrected chi connectivity index (χ3v) is 5.54. The van der Waals surface area contributed by atoms with Crippen molar-refractivity contribution in [1.29, 1.82) is 0 Å². The summed E-state index contributed by atoms with van der Waals surface area (Å²) >= 11 is 6.44. The van der Waals surface area contributed by atoms with E-state index in [4.69, 9.17) is 5.73 Å². The quantitative estimate of drug-likeness (QED) is 0.742. The molecule has 0 radical (unpaired) electrons. The van der Waals surface area contributed by atoms with Crippen molar-refractivity contribution in [1.82, 2.24) is 10.3 Å². The van der Waals surface area contributed by atoms with Gasteiger partial charge < -0.3 is 11.1 Å². The first-order valence-electron chi connectivity index (χ1n) is 5.79. The van der Waals surface area contributed by atoms with Crippen molar-refractivity contribution >= 4 is 59.9 Å². The Kier molecular flexibility index (Phi) is 3.73. The van der Waals surface area contributed by atoms with Crippen LogP contribution in [-0.4, -0.2) is 10.9 Å². The van der Waals surface area contributed by atoms with E-state index in [2.05, 4.69) is 26.2 Å². The van der Waals surface area contributed by atoms with Gasteiger partial charge in [0.05, 0.1) is 16.8 Å². The second-order valence-corrected chi connectivity index (χ2v) is 7.03. The molecule has 2 heterocycles. The first-order chi connectivity index (χ1) is 9.63. The third-order valence-electron chi connectivity index (χ3n) is 2.77. The average molecular weight is 368 g/mol. The number of fused-ring (bicyclic) bond motifs is 1. The van der Waals surface area contributed by atoms with Gasteiger partial charge in [-0.25, -0.2) is 4.98 Å². The standard InChI is InChI=1S/C13H10BrN3OS2/c14-8-3-4-19-11(8)6-16-12(18)7-1-2-9-10(5-7)20-13(15)17-9/h1-5H,6H2,(H2,15,17)(H,16,18). The Morgan fingerprint density at radius 2 is 2.25 bits per heavy atom. The number of thiophene rings is 1. The summed E-state index contributed by atoms with van der Waals surface area (Å²) in [6.07, 6.45) is 0. The molecule has 4 nitrogen and oxygen atoms in total. The third kappa shape index (κ3) is 2.70. The summed E-state index contributed by atoms with van der Waals surface area (Å²) in [6, 6.07) is 7.37. The lowest BCUT2D eigenvalue weighted by atomic mass is 10.2. The number of nitrogen functional groups attached to an aromatic ring is 1. The van der Waals surface area contributed by atoms with E-state index >= 15 is 0 Å². The Morgan fingerprint density at radius 1 is 1.40 bits per heavy atom. The number of halogens is 1. The van der Waals surface area contributed by atoms with Crippen molar-refractivity contribution in [3.05, 3.63) is 44.6 Å². The maximum absolute atomic E-state index is 12.1. The van der Waals surface area contributed by atoms with Gasteiger partial charge >= 0.3 is 0 Å². The molecular weight excluding hydrogens is 358 g/mol. The van der Waals surface area contributed by atoms with Crippen LogP contribution >= 0.6 is 38.6 Å². The molecule has 0 fully saturated rings. The van der Waals surface area contributed by atoms with Crippen LogP contribution in [-0.2, 0) is 6.54 Å². The number of carbonyl (C=O) groups excluding carboxylic acids is 1. The highest BCUT2D eigenvalue weighted by atomic mass is 79.9. The molecule has 0 atom stereocenters. The minimum Gasteiger partial charge on any atom is -0.375 e. The summed E-state index contributed by atoms with van der Waals surface area (Å²) in [5.74, 6) is -0.0980. The number of hydrogen-bond acceptors (Lipinski definition) is 5. The molecule has 20 heavy (non-hydrogen) atoms. The van der Waals surface area contributed by atoms with Crippen LogP contribution in [0.25, 0.3) is 10.2 Å². The molecule has 0 unspecified atom stereocenters. The second kappa shape index (κ2) is 5.51. The van der Waals surface area contributed by atoms with E-state index in [1.165, 1.54) is 11.3 Å². The first kappa shape index (κ1) is 13.5. The number of nitrogens with two attached hydrogens (primary N) is 1. The predicted molar refractivity (Wildman–Crippen MR) is 87.2 cm³/mol. The summed E-state index contributed by atoms with van der Waals surface area (Å²) < 4.78 is 1.95. The van der Waals surface area contributed by atoms with Gasteiger partial charge in [-0.1, -0.05) is 11.3 Å². The topological polar surface area (TPSA) is 68.0 Å². The molecule has 3 aromatic rings. The Balaban J connectivity index is 1.76. The summed E-state index contributed by atoms with van der Waals surface area (Å²) in [5.41, 5.74) is 7.10. The Hall–Kier alpha value is -1.44. The van der Waals surface area contributed by atoms with Crippen LogP contribution in [0.1, 0.15) is 15.2 Å². The lowest BCUT2D eigenvalue weighted by molar-refractivity contribution is 0.0951. The zero-order valence-corrected chi connectivity index (χ0v) is 13.4. The van der Waals surface area contributed by atoms with Gasteiger partial charge in [-0.2, -0.15) is 0 Å². The minimum absolute atomic E-state index is 0.0980. The summed E-state index contributed by atoms with van der Waals surface area (Å²) in [5, 5.41) is 5.41. The lowest BCUT2D eigenvalue weighted by Gasteiger charge is -2.04. The van der Waals surface area contributed by atoms with E-state index < -0.39 is 0 Å². The van der Waals surface area contributed by atoms with Crippen LogP contribution in [0.3, 0.4) is 0 Å². The van der Waals surface area contributed by atoms with E-state index in [-0.39, 0.29) is 5.91 Å². The number of aromatic nitrogens is 1. The molecule has 0 saturated carbocycles. The van der Waals surface area contributed by atoms with Crippen molar-refractivity contribution in [3.63, 3.8) is 0 Å². The number of benzene rings is 1. The van der Waals surface area contributed by atoms with Gasteiger partial charge in [0.25, 0.3) is 5.91 Å². The lowest BCUT2D eigenvalue weighted by Crippen LogP contribution is -2.22. The van der Waals surface area contributed by atoms with E-state index in [0.29, 0.717) is 17.2 Å². The molecule has 102 valence electrons. The molecular formula is C13H10BrN3OS2. The highest BCUT2D eigenvalue weighted by Gasteiger charge is 2.09. The fourth-order valence-electron chi connectivity index (χ4n) is 1.80. The molecule has 3 N–H and O–H groups in total. The molecule has 7 heteroatoms. The smallest absolute Gasteiger partial charge is 0.251 e. The fourth-order valence-corrected chi connectivity index (χ4v) is 4.00. The molecule has 1 amide bonds. The number of carbonyl (C=O) groups is 1. The van der Waals surface area contributed by atoms with Crippen LogP contribution in [0.2, 0.25) is 0 Å². The SMILES string of the molecule is Nc1nc2ccc(C(=O)NCc3sccc3Br)cc2s1. The molecule has 1 aromatic carbocycles. The van der Waals surface area contributed by atoms with Crippen molar-refractivity contribution in [2.24, 2.45) is 0 Å². The highest BCUT2D eigenvalue weighted by molar-refractivity contribution is 9.10. The van der Waals surface area contributed by atoms with E-state index in [0.717, 1.165) is 19.6 Å². The Morgan fingerprint density at radius 3 is 3.00 bits per heavy atom. The minimum atomic E-state index is -0.0980. The van der Waals surface area contributed by atoms with Gasteiger partial charge in [0, 0.05) is 14.9 Å². The van der Waals surface area contributed by atoms with Crippen LogP contribution in [0, 0.1) is 0 Å². The van der Waals surface area contributed by atoms with Gasteiger partial charge in [0.15, 0.2) is 5.13 Å². The van der Waals surface area contributed by atoms with Gasteiger partial charge in [0.2, 0.25) is 0 Å². The number of amides is 1. The monoisotopic (exact) mass is 367 g/mol. The highest BCUT2D eigenvalue weighted by Crippen LogP contribution is 2.25. The van der Waals surface area contributed by atoms with Crippen molar-refractivity contribution < 1.29 is 4.79 Å². The van der Waals surface area contributed by atoms with E-state index in [1.54, 1.807) is 17.4 Å². The maximum Gasteiger partial charge on any atom is 0.251 e. The Bertz CT molecular complexity index is 781. The molecule has 0 spiro atoms. The first-order valence-corrected chi connectivity index (χ1v) is 8.28. The molecule has 3 rings (SSSR count). The van der Waals surface area contributed by atoms with Crippen molar-refractivity contribution in [3.8, 4) is 0 Å². The molecule has 0 aliphatic rings. The molecule has 0 bridgehead atoms. The molecule has 0 saturated heterocycles. The van der Waals surface area contributed by atoms with Gasteiger partial charge in [-0.3, -0.25) is 4.79 Å². The zero-order chi connectivity index (χ0) is 14.1. The zero-order valence-electron chi connectivity index (χ0n) is 10.2. The van der Waals surface area contributed by atoms with Crippen LogP contribution in [0.15, 0.2) is 34.1 Å². The number of hydrogen-bond donors (Lipinski definition) is 2. The Labute approximate surface area is 131 Å². The largest absolute Gasteiger partial charge is 0.375 e. The van der Waals surface area contributed by atoms with Crippen molar-refractivity contribution in [2.45, 2.75) is 6.54 Å². The summed E-state index contributed by atoms with van der Waals surface area (Å²) in [6.45, 7) is 0.514. The number of anilines is 1. The molecule has 2 aromatic heterocycles. The predicted octanol–water partition coefficient (Wildman–Crippen LogP) is 3.63. The van der Waals surface area contributed by atoms with Gasteiger partial charge in [0.1, 0.15) is 0 Å². The fraction of sp³-hybridized carbons (Fsp3) is 0.0769. The number of nitrogens with zero attached hydrogens (tertiary/aromatic N) is 1. The van der Waals surface area contributed by atoms with Gasteiger partial charge in [-0.15, -0.1) is 11.3 Å². The number of rotatable bonds is 3. The molecule has 0 aliphatic carbocycles. The second-order valence-electron chi connectivity index (χ2n) is 4.11. The van der Waals surface area contributed by atoms with Gasteiger partial charge in [-0.05, 0) is 45.6 Å². The average Bonchev–Trinajstić information content (AvgIpc) is 2.99. The van der Waals surface area contributed by atoms with Crippen molar-refractivity contribution in [2.75, 3.05) is 5.73 Å². The normalized spacial score (nSPS) is 10.8. The van der Waals surface area contributed by atoms with Crippen LogP contribution < -0.4 is 11.1 Å². The van der Waals surface area contributed by atoms with E-state index in [9.17, 15) is 4.79 Å².